The molecule has 3 aromatic rings. The van der Waals surface area contributed by atoms with E-state index in [2.05, 4.69) is 59.1 Å². The van der Waals surface area contributed by atoms with Crippen molar-refractivity contribution >= 4 is 16.6 Å². The van der Waals surface area contributed by atoms with E-state index in [1.165, 1.54) is 27.8 Å². The van der Waals surface area contributed by atoms with Gasteiger partial charge in [-0.05, 0) is 42.8 Å². The second kappa shape index (κ2) is 3.89. The zero-order valence-electron chi connectivity index (χ0n) is 10.9. The minimum Gasteiger partial charge on any atom is -0.374 e. The maximum absolute atomic E-state index is 3.14. The number of likely N-dealkylation sites (N-methyl/N-ethyl adjacent to an activating group) is 1. The Balaban J connectivity index is 1.99. The van der Waals surface area contributed by atoms with Crippen molar-refractivity contribution in [1.29, 1.82) is 0 Å². The van der Waals surface area contributed by atoms with E-state index >= 15 is 0 Å². The lowest BCUT2D eigenvalue weighted by molar-refractivity contribution is 0.950. The van der Waals surface area contributed by atoms with Crippen LogP contribution in [0.25, 0.3) is 16.6 Å². The summed E-state index contributed by atoms with van der Waals surface area (Å²) < 4.78 is 2.29. The summed E-state index contributed by atoms with van der Waals surface area (Å²) in [6.45, 7) is 1.11. The minimum atomic E-state index is 1.11. The van der Waals surface area contributed by atoms with Crippen molar-refractivity contribution in [3.63, 3.8) is 0 Å². The molecule has 2 heterocycles. The van der Waals surface area contributed by atoms with Gasteiger partial charge in [-0.15, -0.1) is 0 Å². The predicted molar refractivity (Wildman–Crippen MR) is 79.1 cm³/mol. The first-order valence-electron chi connectivity index (χ1n) is 6.65. The maximum Gasteiger partial charge on any atom is 0.0528 e. The van der Waals surface area contributed by atoms with E-state index in [0.717, 1.165) is 13.0 Å². The number of benzene rings is 2. The van der Waals surface area contributed by atoms with E-state index in [9.17, 15) is 0 Å². The average Bonchev–Trinajstić information content (AvgIpc) is 3.03. The fourth-order valence-electron chi connectivity index (χ4n) is 3.04. The first-order valence-corrected chi connectivity index (χ1v) is 6.65. The summed E-state index contributed by atoms with van der Waals surface area (Å²) >= 11 is 0. The molecule has 1 radical (unpaired) electrons. The molecule has 0 unspecified atom stereocenters. The van der Waals surface area contributed by atoms with E-state index in [1.807, 2.05) is 12.1 Å². The van der Waals surface area contributed by atoms with Gasteiger partial charge in [0.25, 0.3) is 0 Å². The Morgan fingerprint density at radius 3 is 2.95 bits per heavy atom. The third-order valence-electron chi connectivity index (χ3n) is 4.03. The lowest BCUT2D eigenvalue weighted by Crippen LogP contribution is -2.12. The van der Waals surface area contributed by atoms with E-state index in [1.54, 1.807) is 0 Å². The Bertz CT molecular complexity index is 755. The molecule has 2 aromatic carbocycles. The smallest absolute Gasteiger partial charge is 0.0528 e. The van der Waals surface area contributed by atoms with Crippen LogP contribution in [0.1, 0.15) is 5.56 Å². The van der Waals surface area contributed by atoms with Crippen LogP contribution in [0.15, 0.2) is 48.7 Å². The zero-order chi connectivity index (χ0) is 12.8. The molecule has 0 atom stereocenters. The zero-order valence-corrected chi connectivity index (χ0v) is 10.9. The topological polar surface area (TPSA) is 8.17 Å². The van der Waals surface area contributed by atoms with Crippen LogP contribution in [0.4, 0.5) is 5.69 Å². The van der Waals surface area contributed by atoms with Gasteiger partial charge >= 0.3 is 0 Å². The third-order valence-corrected chi connectivity index (χ3v) is 4.03. The summed E-state index contributed by atoms with van der Waals surface area (Å²) in [5, 5.41) is 1.24. The highest BCUT2D eigenvalue weighted by molar-refractivity contribution is 5.82. The molecule has 93 valence electrons. The number of aromatic nitrogens is 1. The van der Waals surface area contributed by atoms with E-state index < -0.39 is 0 Å². The number of rotatable bonds is 1. The molecule has 0 amide bonds. The van der Waals surface area contributed by atoms with Crippen LogP contribution in [-0.2, 0) is 6.42 Å². The van der Waals surface area contributed by atoms with Crippen LogP contribution in [-0.4, -0.2) is 18.2 Å². The fraction of sp³-hybridized carbons (Fsp3) is 0.176. The molecule has 1 aliphatic rings. The summed E-state index contributed by atoms with van der Waals surface area (Å²) in [6, 6.07) is 18.0. The third kappa shape index (κ3) is 1.49. The molecule has 0 fully saturated rings. The van der Waals surface area contributed by atoms with E-state index in [-0.39, 0.29) is 0 Å². The Labute approximate surface area is 112 Å². The van der Waals surface area contributed by atoms with Gasteiger partial charge in [0.2, 0.25) is 0 Å². The molecular weight excluding hydrogens is 232 g/mol. The molecule has 0 spiro atoms. The van der Waals surface area contributed by atoms with Crippen molar-refractivity contribution in [1.82, 2.24) is 4.57 Å². The number of hydrogen-bond donors (Lipinski definition) is 0. The van der Waals surface area contributed by atoms with Crippen molar-refractivity contribution in [2.75, 3.05) is 18.5 Å². The van der Waals surface area contributed by atoms with Gasteiger partial charge in [-0.1, -0.05) is 12.1 Å². The summed E-state index contributed by atoms with van der Waals surface area (Å²) in [6.07, 6.45) is 3.28. The molecule has 4 rings (SSSR count). The molecule has 0 saturated carbocycles. The van der Waals surface area contributed by atoms with Crippen LogP contribution in [0.3, 0.4) is 0 Å². The molecule has 1 aromatic heterocycles. The molecule has 0 saturated heterocycles. The standard InChI is InChI=1S/C17H15N2/c1-18-11-10-14-16(18)7-4-8-17(14)19-12-9-13-5-2-3-6-15(13)19/h3-9,12H,10-11H2,1H3. The molecule has 2 nitrogen and oxygen atoms in total. The predicted octanol–water partition coefficient (Wildman–Crippen LogP) is 3.42. The lowest BCUT2D eigenvalue weighted by atomic mass is 10.1. The Morgan fingerprint density at radius 2 is 2.00 bits per heavy atom. The Morgan fingerprint density at radius 1 is 1.11 bits per heavy atom. The monoisotopic (exact) mass is 247 g/mol. The van der Waals surface area contributed by atoms with Gasteiger partial charge in [0.15, 0.2) is 0 Å². The van der Waals surface area contributed by atoms with Crippen LogP contribution in [0, 0.1) is 6.07 Å². The summed E-state index contributed by atoms with van der Waals surface area (Å²) in [5.74, 6) is 0. The van der Waals surface area contributed by atoms with Gasteiger partial charge in [0, 0.05) is 36.4 Å². The lowest BCUT2D eigenvalue weighted by Gasteiger charge is -2.14. The molecule has 0 bridgehead atoms. The first kappa shape index (κ1) is 10.7. The van der Waals surface area contributed by atoms with Crippen LogP contribution in [0.5, 0.6) is 0 Å². The summed E-state index contributed by atoms with van der Waals surface area (Å²) in [4.78, 5) is 2.33. The molecule has 2 heteroatoms. The largest absolute Gasteiger partial charge is 0.374 e. The van der Waals surface area contributed by atoms with Crippen molar-refractivity contribution in [3.8, 4) is 5.69 Å². The van der Waals surface area contributed by atoms with Gasteiger partial charge in [0.1, 0.15) is 0 Å². The quantitative estimate of drug-likeness (QED) is 0.639. The van der Waals surface area contributed by atoms with Crippen molar-refractivity contribution in [3.05, 3.63) is 60.3 Å². The molecule has 0 aliphatic carbocycles. The normalized spacial score (nSPS) is 14.1. The van der Waals surface area contributed by atoms with E-state index in [4.69, 9.17) is 0 Å². The van der Waals surface area contributed by atoms with Crippen molar-refractivity contribution < 1.29 is 0 Å². The van der Waals surface area contributed by atoms with Crippen molar-refractivity contribution in [2.24, 2.45) is 0 Å². The summed E-state index contributed by atoms with van der Waals surface area (Å²) in [5.41, 5.74) is 5.38. The minimum absolute atomic E-state index is 1.11. The van der Waals surface area contributed by atoms with Crippen LogP contribution >= 0.6 is 0 Å². The molecule has 0 N–H and O–H groups in total. The Kier molecular flexibility index (Phi) is 2.18. The van der Waals surface area contributed by atoms with Gasteiger partial charge in [-0.2, -0.15) is 0 Å². The second-order valence-corrected chi connectivity index (χ2v) is 5.12. The van der Waals surface area contributed by atoms with E-state index in [0.29, 0.717) is 0 Å². The Hall–Kier alpha value is -2.22. The first-order chi connectivity index (χ1) is 9.34. The van der Waals surface area contributed by atoms with Gasteiger partial charge < -0.3 is 9.47 Å². The van der Waals surface area contributed by atoms with Gasteiger partial charge in [-0.25, -0.2) is 0 Å². The molecule has 19 heavy (non-hydrogen) atoms. The van der Waals surface area contributed by atoms with Gasteiger partial charge in [-0.3, -0.25) is 0 Å². The molecular formula is C17H15N2. The van der Waals surface area contributed by atoms with Gasteiger partial charge in [0.05, 0.1) is 11.2 Å². The average molecular weight is 247 g/mol. The number of hydrogen-bond acceptors (Lipinski definition) is 1. The van der Waals surface area contributed by atoms with Crippen LogP contribution < -0.4 is 4.90 Å². The number of fused-ring (bicyclic) bond motifs is 2. The highest BCUT2D eigenvalue weighted by atomic mass is 15.1. The molecule has 1 aliphatic heterocycles. The highest BCUT2D eigenvalue weighted by Crippen LogP contribution is 2.33. The number of nitrogens with zero attached hydrogens (tertiary/aromatic N) is 2. The SMILES string of the molecule is CN1CCc2c1cccc2-n1ccc2c[c]ccc21. The number of anilines is 1. The maximum atomic E-state index is 3.14. The fourth-order valence-corrected chi connectivity index (χ4v) is 3.04. The van der Waals surface area contributed by atoms with Crippen molar-refractivity contribution in [2.45, 2.75) is 6.42 Å². The highest BCUT2D eigenvalue weighted by Gasteiger charge is 2.19. The van der Waals surface area contributed by atoms with Crippen LogP contribution in [0.2, 0.25) is 0 Å². The second-order valence-electron chi connectivity index (χ2n) is 5.12. The summed E-state index contributed by atoms with van der Waals surface area (Å²) in [7, 11) is 2.17.